The number of carbonyl (C=O) groups is 3. The maximum Gasteiger partial charge on any atom is 0.472 e. The molecule has 58 heavy (non-hydrogen) atoms. The summed E-state index contributed by atoms with van der Waals surface area (Å²) in [7, 11) is -4.72. The van der Waals surface area contributed by atoms with Gasteiger partial charge < -0.3 is 25.2 Å². The number of phosphoric ester groups is 1. The molecule has 0 aliphatic carbocycles. The van der Waals surface area contributed by atoms with Crippen LogP contribution in [-0.2, 0) is 37.5 Å². The molecule has 0 aromatic carbocycles. The lowest BCUT2D eigenvalue weighted by molar-refractivity contribution is -0.161. The van der Waals surface area contributed by atoms with Crippen molar-refractivity contribution in [2.45, 2.75) is 219 Å². The number of carboxylic acid groups (broad SMARTS) is 1. The third-order valence-electron chi connectivity index (χ3n) is 9.89. The second kappa shape index (κ2) is 41.4. The number of nitrogens with two attached hydrogens (primary N) is 1. The van der Waals surface area contributed by atoms with Gasteiger partial charge in [-0.25, -0.2) is 4.57 Å². The van der Waals surface area contributed by atoms with Crippen LogP contribution in [0.25, 0.3) is 0 Å². The highest BCUT2D eigenvalue weighted by atomic mass is 31.2. The van der Waals surface area contributed by atoms with Crippen LogP contribution in [0.3, 0.4) is 0 Å². The molecule has 0 heterocycles. The van der Waals surface area contributed by atoms with Gasteiger partial charge in [-0.1, -0.05) is 179 Å². The third kappa shape index (κ3) is 40.5. The molecular formula is C46H84NO10P. The van der Waals surface area contributed by atoms with Crippen molar-refractivity contribution in [1.29, 1.82) is 0 Å². The molecule has 1 unspecified atom stereocenters. The highest BCUT2D eigenvalue weighted by Gasteiger charge is 2.28. The molecule has 0 aromatic heterocycles. The Kier molecular flexibility index (Phi) is 39.8. The number of ether oxygens (including phenoxy) is 2. The van der Waals surface area contributed by atoms with Crippen LogP contribution >= 0.6 is 7.82 Å². The van der Waals surface area contributed by atoms with Gasteiger partial charge in [-0.05, 0) is 51.4 Å². The quantitative estimate of drug-likeness (QED) is 0.0231. The van der Waals surface area contributed by atoms with Gasteiger partial charge >= 0.3 is 25.7 Å². The van der Waals surface area contributed by atoms with Crippen LogP contribution in [0, 0.1) is 0 Å². The van der Waals surface area contributed by atoms with E-state index >= 15 is 0 Å². The van der Waals surface area contributed by atoms with E-state index in [2.05, 4.69) is 54.8 Å². The molecule has 0 fully saturated rings. The first-order valence-electron chi connectivity index (χ1n) is 23.0. The van der Waals surface area contributed by atoms with E-state index in [1.807, 2.05) is 0 Å². The molecule has 11 nitrogen and oxygen atoms in total. The van der Waals surface area contributed by atoms with Crippen LogP contribution in [0.4, 0.5) is 0 Å². The first-order valence-corrected chi connectivity index (χ1v) is 24.5. The van der Waals surface area contributed by atoms with E-state index in [4.69, 9.17) is 24.8 Å². The minimum absolute atomic E-state index is 0.137. The van der Waals surface area contributed by atoms with Crippen molar-refractivity contribution in [3.05, 3.63) is 36.5 Å². The second-order valence-electron chi connectivity index (χ2n) is 15.5. The minimum Gasteiger partial charge on any atom is -0.480 e. The fourth-order valence-corrected chi connectivity index (χ4v) is 7.03. The van der Waals surface area contributed by atoms with Gasteiger partial charge in [0.15, 0.2) is 6.10 Å². The summed E-state index contributed by atoms with van der Waals surface area (Å²) in [5, 5.41) is 8.90. The molecule has 0 aromatic rings. The number of unbranched alkanes of at least 4 members (excludes halogenated alkanes) is 23. The Morgan fingerprint density at radius 2 is 0.914 bits per heavy atom. The van der Waals surface area contributed by atoms with E-state index in [0.29, 0.717) is 12.8 Å². The maximum atomic E-state index is 12.6. The molecule has 0 aliphatic heterocycles. The summed E-state index contributed by atoms with van der Waals surface area (Å²) in [5.41, 5.74) is 5.34. The van der Waals surface area contributed by atoms with E-state index in [1.165, 1.54) is 103 Å². The predicted molar refractivity (Wildman–Crippen MR) is 235 cm³/mol. The number of hydrogen-bond acceptors (Lipinski definition) is 9. The molecule has 12 heteroatoms. The molecule has 0 saturated heterocycles. The second-order valence-corrected chi connectivity index (χ2v) is 17.0. The highest BCUT2D eigenvalue weighted by Crippen LogP contribution is 2.43. The molecule has 0 aliphatic rings. The summed E-state index contributed by atoms with van der Waals surface area (Å²) in [4.78, 5) is 46.0. The lowest BCUT2D eigenvalue weighted by Crippen LogP contribution is -2.34. The summed E-state index contributed by atoms with van der Waals surface area (Å²) >= 11 is 0. The molecule has 4 N–H and O–H groups in total. The Balaban J connectivity index is 4.35. The lowest BCUT2D eigenvalue weighted by Gasteiger charge is -2.20. The van der Waals surface area contributed by atoms with Crippen molar-refractivity contribution in [1.82, 2.24) is 0 Å². The van der Waals surface area contributed by atoms with Crippen molar-refractivity contribution in [2.24, 2.45) is 5.73 Å². The zero-order valence-electron chi connectivity index (χ0n) is 36.6. The van der Waals surface area contributed by atoms with Crippen molar-refractivity contribution in [3.8, 4) is 0 Å². The molecular weight excluding hydrogens is 757 g/mol. The number of hydrogen-bond donors (Lipinski definition) is 3. The van der Waals surface area contributed by atoms with Crippen molar-refractivity contribution >= 4 is 25.7 Å². The van der Waals surface area contributed by atoms with Gasteiger partial charge in [0.1, 0.15) is 12.6 Å². The average molecular weight is 842 g/mol. The first kappa shape index (κ1) is 55.7. The Hall–Kier alpha value is -2.30. The Bertz CT molecular complexity index is 1130. The number of allylic oxidation sites excluding steroid dienone is 6. The molecule has 338 valence electrons. The topological polar surface area (TPSA) is 172 Å². The number of aliphatic carboxylic acids is 1. The molecule has 0 radical (unpaired) electrons. The lowest BCUT2D eigenvalue weighted by atomic mass is 10.0. The normalized spacial score (nSPS) is 14.0. The third-order valence-corrected chi connectivity index (χ3v) is 10.8. The van der Waals surface area contributed by atoms with Crippen LogP contribution < -0.4 is 5.73 Å². The van der Waals surface area contributed by atoms with Crippen LogP contribution in [0.2, 0.25) is 0 Å². The molecule has 3 atom stereocenters. The van der Waals surface area contributed by atoms with Gasteiger partial charge in [0.2, 0.25) is 0 Å². The Morgan fingerprint density at radius 3 is 1.40 bits per heavy atom. The Morgan fingerprint density at radius 1 is 0.534 bits per heavy atom. The van der Waals surface area contributed by atoms with Gasteiger partial charge in [0.25, 0.3) is 0 Å². The fraction of sp³-hybridized carbons (Fsp3) is 0.804. The Labute approximate surface area is 353 Å². The SMILES string of the molecule is CCCCC/C=C\C/C=C\C/C=C\CCCCCCC(=O)O[C@H](COC(=O)CCCCCCCCCCCCCCCCCCC)COP(=O)(O)OC[C@H](N)C(=O)O. The monoisotopic (exact) mass is 842 g/mol. The van der Waals surface area contributed by atoms with E-state index < -0.39 is 51.1 Å². The van der Waals surface area contributed by atoms with Gasteiger partial charge in [0.05, 0.1) is 13.2 Å². The van der Waals surface area contributed by atoms with Crippen molar-refractivity contribution < 1.29 is 47.5 Å². The maximum absolute atomic E-state index is 12.6. The van der Waals surface area contributed by atoms with E-state index in [1.54, 1.807) is 0 Å². The summed E-state index contributed by atoms with van der Waals surface area (Å²) in [6.07, 6.45) is 44.9. The van der Waals surface area contributed by atoms with Crippen LogP contribution in [0.5, 0.6) is 0 Å². The van der Waals surface area contributed by atoms with Crippen LogP contribution in [-0.4, -0.2) is 59.9 Å². The number of phosphoric acid groups is 1. The minimum atomic E-state index is -4.72. The summed E-state index contributed by atoms with van der Waals surface area (Å²) in [5.74, 6) is -2.40. The number of rotatable bonds is 43. The summed E-state index contributed by atoms with van der Waals surface area (Å²) in [6, 6.07) is -1.52. The van der Waals surface area contributed by atoms with Crippen molar-refractivity contribution in [3.63, 3.8) is 0 Å². The van der Waals surface area contributed by atoms with E-state index in [0.717, 1.165) is 64.2 Å². The van der Waals surface area contributed by atoms with Gasteiger partial charge in [-0.2, -0.15) is 0 Å². The molecule has 0 amide bonds. The molecule has 0 saturated carbocycles. The first-order chi connectivity index (χ1) is 28.1. The van der Waals surface area contributed by atoms with Crippen LogP contribution in [0.1, 0.15) is 206 Å². The molecule has 0 spiro atoms. The molecule has 0 rings (SSSR count). The smallest absolute Gasteiger partial charge is 0.472 e. The predicted octanol–water partition coefficient (Wildman–Crippen LogP) is 12.4. The zero-order valence-corrected chi connectivity index (χ0v) is 37.5. The van der Waals surface area contributed by atoms with Gasteiger partial charge in [-0.15, -0.1) is 0 Å². The molecule has 0 bridgehead atoms. The van der Waals surface area contributed by atoms with Gasteiger partial charge in [-0.3, -0.25) is 23.4 Å². The number of carboxylic acids is 1. The number of esters is 2. The standard InChI is InChI=1S/C46H84NO10P/c1-3-5-7-9-11-13-15-17-19-21-23-25-27-29-31-33-35-37-44(48)54-39-42(40-55-58(52,53)56-41-43(47)46(50)51)57-45(49)38-36-34-32-30-28-26-24-22-20-18-16-14-12-10-8-6-4-2/h12,14,18,20,24,26,42-43H,3-11,13,15-17,19,21-23,25,27-41,47H2,1-2H3,(H,50,51)(H,52,53)/b14-12-,20-18-,26-24-/t42-,43+/m1/s1. The van der Waals surface area contributed by atoms with Crippen molar-refractivity contribution in [2.75, 3.05) is 19.8 Å². The summed E-state index contributed by atoms with van der Waals surface area (Å²) < 4.78 is 32.7. The van der Waals surface area contributed by atoms with Crippen LogP contribution in [0.15, 0.2) is 36.5 Å². The van der Waals surface area contributed by atoms with E-state index in [-0.39, 0.29) is 19.4 Å². The number of carbonyl (C=O) groups excluding carboxylic acids is 2. The zero-order chi connectivity index (χ0) is 42.8. The highest BCUT2D eigenvalue weighted by molar-refractivity contribution is 7.47. The summed E-state index contributed by atoms with van der Waals surface area (Å²) in [6.45, 7) is 2.77. The average Bonchev–Trinajstić information content (AvgIpc) is 3.20. The fourth-order valence-electron chi connectivity index (χ4n) is 6.25. The largest absolute Gasteiger partial charge is 0.480 e. The van der Waals surface area contributed by atoms with E-state index in [9.17, 15) is 23.8 Å². The van der Waals surface area contributed by atoms with Gasteiger partial charge in [0, 0.05) is 12.8 Å².